The number of hydrazone groups is 1. The number of hydrogen-bond acceptors (Lipinski definition) is 12. The smallest absolute Gasteiger partial charge is 0.344 e. The molecule has 37 heavy (non-hydrogen) atoms. The van der Waals surface area contributed by atoms with Crippen molar-refractivity contribution in [3.05, 3.63) is 54.1 Å². The number of anilines is 4. The van der Waals surface area contributed by atoms with E-state index in [-0.39, 0.29) is 12.6 Å². The molecule has 2 aromatic carbocycles. The molecule has 0 amide bonds. The molecule has 194 valence electrons. The average Bonchev–Trinajstić information content (AvgIpc) is 2.93. The first kappa shape index (κ1) is 25.6. The number of carbonyl (C=O) groups excluding carboxylic acids is 1. The molecule has 0 saturated carbocycles. The summed E-state index contributed by atoms with van der Waals surface area (Å²) in [5.41, 5.74) is 4.47. The molecule has 0 bridgehead atoms. The molecule has 4 rings (SSSR count). The topological polar surface area (TPSA) is 132 Å². The van der Waals surface area contributed by atoms with Crippen LogP contribution >= 0.6 is 0 Å². The molecular formula is C25H29N7O5. The van der Waals surface area contributed by atoms with E-state index >= 15 is 0 Å². The number of nitrogens with zero attached hydrogens (tertiary/aromatic N) is 5. The van der Waals surface area contributed by atoms with Gasteiger partial charge >= 0.3 is 5.97 Å². The van der Waals surface area contributed by atoms with Crippen molar-refractivity contribution < 1.29 is 23.7 Å². The third-order valence-corrected chi connectivity index (χ3v) is 5.16. The van der Waals surface area contributed by atoms with Gasteiger partial charge in [-0.1, -0.05) is 18.2 Å². The van der Waals surface area contributed by atoms with Crippen LogP contribution in [0.1, 0.15) is 12.5 Å². The predicted octanol–water partition coefficient (Wildman–Crippen LogP) is 2.85. The number of para-hydroxylation sites is 1. The van der Waals surface area contributed by atoms with E-state index in [0.717, 1.165) is 11.3 Å². The minimum Gasteiger partial charge on any atom is -0.493 e. The van der Waals surface area contributed by atoms with Gasteiger partial charge in [-0.3, -0.25) is 0 Å². The maximum atomic E-state index is 11.6. The molecule has 1 fully saturated rings. The number of nitrogens with one attached hydrogen (secondary N) is 2. The fourth-order valence-electron chi connectivity index (χ4n) is 3.41. The minimum atomic E-state index is -0.450. The lowest BCUT2D eigenvalue weighted by molar-refractivity contribution is -0.145. The number of hydrogen-bond donors (Lipinski definition) is 2. The summed E-state index contributed by atoms with van der Waals surface area (Å²) in [7, 11) is 1.52. The quantitative estimate of drug-likeness (QED) is 0.225. The molecule has 0 atom stereocenters. The molecular weight excluding hydrogens is 478 g/mol. The highest BCUT2D eigenvalue weighted by molar-refractivity contribution is 5.81. The first-order valence-corrected chi connectivity index (χ1v) is 11.8. The molecule has 1 aliphatic heterocycles. The van der Waals surface area contributed by atoms with Crippen molar-refractivity contribution in [3.8, 4) is 11.5 Å². The molecule has 1 saturated heterocycles. The largest absolute Gasteiger partial charge is 0.493 e. The Hall–Kier alpha value is -4.45. The Morgan fingerprint density at radius 3 is 2.62 bits per heavy atom. The summed E-state index contributed by atoms with van der Waals surface area (Å²) in [6.45, 7) is 4.40. The van der Waals surface area contributed by atoms with Gasteiger partial charge in [-0.25, -0.2) is 10.2 Å². The minimum absolute atomic E-state index is 0.205. The van der Waals surface area contributed by atoms with Crippen molar-refractivity contribution >= 4 is 35.7 Å². The van der Waals surface area contributed by atoms with Crippen LogP contribution in [-0.2, 0) is 14.3 Å². The Morgan fingerprint density at radius 1 is 1.08 bits per heavy atom. The highest BCUT2D eigenvalue weighted by Crippen LogP contribution is 2.27. The Morgan fingerprint density at radius 2 is 1.86 bits per heavy atom. The molecule has 2 heterocycles. The van der Waals surface area contributed by atoms with Crippen molar-refractivity contribution in [1.29, 1.82) is 0 Å². The molecule has 12 nitrogen and oxygen atoms in total. The summed E-state index contributed by atoms with van der Waals surface area (Å²) in [6, 6.07) is 14.9. The summed E-state index contributed by atoms with van der Waals surface area (Å²) >= 11 is 0. The van der Waals surface area contributed by atoms with E-state index in [1.807, 2.05) is 35.2 Å². The van der Waals surface area contributed by atoms with Crippen LogP contribution in [-0.4, -0.2) is 73.8 Å². The van der Waals surface area contributed by atoms with Crippen LogP contribution in [0.5, 0.6) is 11.5 Å². The van der Waals surface area contributed by atoms with Gasteiger partial charge in [0.25, 0.3) is 0 Å². The Bertz CT molecular complexity index is 1200. The van der Waals surface area contributed by atoms with E-state index < -0.39 is 5.97 Å². The first-order valence-electron chi connectivity index (χ1n) is 11.8. The second kappa shape index (κ2) is 13.0. The Labute approximate surface area is 214 Å². The third-order valence-electron chi connectivity index (χ3n) is 5.16. The maximum Gasteiger partial charge on any atom is 0.344 e. The third kappa shape index (κ3) is 7.51. The van der Waals surface area contributed by atoms with Crippen LogP contribution < -0.4 is 25.1 Å². The van der Waals surface area contributed by atoms with Gasteiger partial charge < -0.3 is 29.2 Å². The number of benzene rings is 2. The van der Waals surface area contributed by atoms with Crippen molar-refractivity contribution in [2.24, 2.45) is 5.10 Å². The van der Waals surface area contributed by atoms with E-state index in [1.165, 1.54) is 7.11 Å². The number of ether oxygens (including phenoxy) is 4. The molecule has 1 aromatic heterocycles. The van der Waals surface area contributed by atoms with Crippen molar-refractivity contribution in [3.63, 3.8) is 0 Å². The molecule has 0 unspecified atom stereocenters. The van der Waals surface area contributed by atoms with Crippen LogP contribution in [0.3, 0.4) is 0 Å². The monoisotopic (exact) mass is 507 g/mol. The van der Waals surface area contributed by atoms with Gasteiger partial charge in [-0.2, -0.15) is 20.1 Å². The number of methoxy groups -OCH3 is 1. The summed E-state index contributed by atoms with van der Waals surface area (Å²) in [5, 5.41) is 7.49. The van der Waals surface area contributed by atoms with Crippen LogP contribution in [0.15, 0.2) is 53.6 Å². The molecule has 3 aromatic rings. The van der Waals surface area contributed by atoms with Gasteiger partial charge in [0.1, 0.15) is 0 Å². The van der Waals surface area contributed by atoms with E-state index in [1.54, 1.807) is 31.3 Å². The summed E-state index contributed by atoms with van der Waals surface area (Å²) < 4.78 is 21.2. The van der Waals surface area contributed by atoms with Crippen LogP contribution in [0.25, 0.3) is 0 Å². The zero-order chi connectivity index (χ0) is 25.9. The van der Waals surface area contributed by atoms with E-state index in [4.69, 9.17) is 18.9 Å². The molecule has 0 spiro atoms. The maximum absolute atomic E-state index is 11.6. The molecule has 0 aliphatic carbocycles. The SMILES string of the molecule is CCOC(=O)COc1ccc(C=NNc2nc(Nc3ccccc3)nc(N3CCOCC3)n2)cc1OC. The standard InChI is InChI=1S/C25H29N7O5/c1-3-36-22(33)17-37-20-10-9-18(15-21(20)34-2)16-26-31-24-28-23(27-19-7-5-4-6-8-19)29-25(30-24)32-11-13-35-14-12-32/h4-10,15-16H,3,11-14,17H2,1-2H3,(H2,27,28,29,30,31). The van der Waals surface area contributed by atoms with E-state index in [2.05, 4.69) is 30.8 Å². The lowest BCUT2D eigenvalue weighted by Gasteiger charge is -2.27. The molecule has 1 aliphatic rings. The normalized spacial score (nSPS) is 13.3. The highest BCUT2D eigenvalue weighted by Gasteiger charge is 2.17. The average molecular weight is 508 g/mol. The fourth-order valence-corrected chi connectivity index (χ4v) is 3.41. The summed E-state index contributed by atoms with van der Waals surface area (Å²) in [5.74, 6) is 1.63. The number of aromatic nitrogens is 3. The zero-order valence-corrected chi connectivity index (χ0v) is 20.7. The Balaban J connectivity index is 1.47. The molecule has 0 radical (unpaired) electrons. The number of morpholine rings is 1. The zero-order valence-electron chi connectivity index (χ0n) is 20.7. The summed E-state index contributed by atoms with van der Waals surface area (Å²) in [4.78, 5) is 27.2. The molecule has 12 heteroatoms. The highest BCUT2D eigenvalue weighted by atomic mass is 16.6. The van der Waals surface area contributed by atoms with Crippen LogP contribution in [0, 0.1) is 0 Å². The molecule has 2 N–H and O–H groups in total. The lowest BCUT2D eigenvalue weighted by atomic mass is 10.2. The number of rotatable bonds is 11. The van der Waals surface area contributed by atoms with Gasteiger partial charge in [0.15, 0.2) is 18.1 Å². The van der Waals surface area contributed by atoms with Gasteiger partial charge in [0.2, 0.25) is 17.8 Å². The second-order valence-corrected chi connectivity index (χ2v) is 7.75. The summed E-state index contributed by atoms with van der Waals surface area (Å²) in [6.07, 6.45) is 1.60. The van der Waals surface area contributed by atoms with Gasteiger partial charge in [-0.15, -0.1) is 0 Å². The van der Waals surface area contributed by atoms with Crippen LogP contribution in [0.4, 0.5) is 23.5 Å². The van der Waals surface area contributed by atoms with Crippen molar-refractivity contribution in [2.75, 3.05) is 62.3 Å². The van der Waals surface area contributed by atoms with E-state index in [9.17, 15) is 4.79 Å². The first-order chi connectivity index (χ1) is 18.1. The number of esters is 1. The lowest BCUT2D eigenvalue weighted by Crippen LogP contribution is -2.37. The Kier molecular flexibility index (Phi) is 9.02. The van der Waals surface area contributed by atoms with Gasteiger partial charge in [-0.05, 0) is 42.8 Å². The van der Waals surface area contributed by atoms with E-state index in [0.29, 0.717) is 56.3 Å². The van der Waals surface area contributed by atoms with Crippen LogP contribution in [0.2, 0.25) is 0 Å². The predicted molar refractivity (Wildman–Crippen MR) is 139 cm³/mol. The fraction of sp³-hybridized carbons (Fsp3) is 0.320. The second-order valence-electron chi connectivity index (χ2n) is 7.75. The van der Waals surface area contributed by atoms with Crippen molar-refractivity contribution in [1.82, 2.24) is 15.0 Å². The van der Waals surface area contributed by atoms with Crippen molar-refractivity contribution in [2.45, 2.75) is 6.92 Å². The number of carbonyl (C=O) groups is 1. The van der Waals surface area contributed by atoms with Gasteiger partial charge in [0.05, 0.1) is 33.1 Å². The van der Waals surface area contributed by atoms with Gasteiger partial charge in [0, 0.05) is 18.8 Å².